The van der Waals surface area contributed by atoms with E-state index in [1.54, 1.807) is 25.3 Å². The molecule has 1 N–H and O–H groups in total. The molecule has 6 heteroatoms. The Morgan fingerprint density at radius 2 is 1.89 bits per heavy atom. The Morgan fingerprint density at radius 1 is 1.22 bits per heavy atom. The second kappa shape index (κ2) is 7.05. The van der Waals surface area contributed by atoms with Crippen molar-refractivity contribution in [2.45, 2.75) is 6.92 Å². The molecule has 0 aliphatic rings. The Labute approximate surface area is 104 Å². The van der Waals surface area contributed by atoms with Crippen molar-refractivity contribution in [3.05, 3.63) is 36.2 Å². The van der Waals surface area contributed by atoms with Gasteiger partial charge in [0.2, 0.25) is 5.78 Å². The maximum Gasteiger partial charge on any atom is 0.331 e. The van der Waals surface area contributed by atoms with Crippen molar-refractivity contribution >= 4 is 17.7 Å². The lowest BCUT2D eigenvalue weighted by Crippen LogP contribution is -2.13. The Morgan fingerprint density at radius 3 is 2.44 bits per heavy atom. The minimum Gasteiger partial charge on any atom is -0.463 e. The first-order valence-electron chi connectivity index (χ1n) is 5.31. The van der Waals surface area contributed by atoms with E-state index in [9.17, 15) is 14.4 Å². The first-order chi connectivity index (χ1) is 8.63. The Kier molecular flexibility index (Phi) is 5.37. The molecule has 1 aromatic heterocycles. The number of aromatic amines is 1. The van der Waals surface area contributed by atoms with Gasteiger partial charge in [0.15, 0.2) is 6.61 Å². The largest absolute Gasteiger partial charge is 0.463 e. The third-order valence-electron chi connectivity index (χ3n) is 1.89. The van der Waals surface area contributed by atoms with Gasteiger partial charge in [0, 0.05) is 18.3 Å². The lowest BCUT2D eigenvalue weighted by atomic mass is 10.3. The molecule has 96 valence electrons. The number of carbonyl (C=O) groups excluding carboxylic acids is 3. The average molecular weight is 251 g/mol. The molecule has 0 unspecified atom stereocenters. The molecule has 0 fully saturated rings. The zero-order valence-electron chi connectivity index (χ0n) is 9.84. The van der Waals surface area contributed by atoms with Crippen LogP contribution in [0.2, 0.25) is 0 Å². The normalized spacial score (nSPS) is 10.3. The predicted octanol–water partition coefficient (Wildman–Crippen LogP) is 0.860. The maximum atomic E-state index is 11.4. The number of carbonyl (C=O) groups is 3. The summed E-state index contributed by atoms with van der Waals surface area (Å²) < 4.78 is 9.22. The highest BCUT2D eigenvalue weighted by Crippen LogP contribution is 1.97. The number of hydrogen-bond donors (Lipinski definition) is 1. The van der Waals surface area contributed by atoms with Gasteiger partial charge >= 0.3 is 11.9 Å². The molecule has 18 heavy (non-hydrogen) atoms. The fourth-order valence-corrected chi connectivity index (χ4v) is 1.09. The van der Waals surface area contributed by atoms with Crippen LogP contribution in [0.3, 0.4) is 0 Å². The summed E-state index contributed by atoms with van der Waals surface area (Å²) in [5.74, 6) is -1.76. The molecule has 0 bridgehead atoms. The van der Waals surface area contributed by atoms with Gasteiger partial charge in [0.05, 0.1) is 12.3 Å². The highest BCUT2D eigenvalue weighted by atomic mass is 16.5. The molecule has 0 aliphatic heterocycles. The second-order valence-electron chi connectivity index (χ2n) is 3.20. The molecule has 0 aliphatic carbocycles. The van der Waals surface area contributed by atoms with Crippen LogP contribution in [0.5, 0.6) is 0 Å². The number of rotatable bonds is 6. The van der Waals surface area contributed by atoms with Crippen molar-refractivity contribution in [3.8, 4) is 0 Å². The van der Waals surface area contributed by atoms with Crippen molar-refractivity contribution < 1.29 is 23.9 Å². The third-order valence-corrected chi connectivity index (χ3v) is 1.89. The minimum absolute atomic E-state index is 0.226. The Hall–Kier alpha value is -2.37. The molecule has 1 aromatic rings. The molecule has 6 nitrogen and oxygen atoms in total. The van der Waals surface area contributed by atoms with E-state index < -0.39 is 11.9 Å². The number of H-pyrrole nitrogens is 1. The smallest absolute Gasteiger partial charge is 0.331 e. The SMILES string of the molecule is CCOC(=O)C=CC(=O)OCC(=O)c1ccc[nH]1. The van der Waals surface area contributed by atoms with Crippen LogP contribution < -0.4 is 0 Å². The Balaban J connectivity index is 2.33. The van der Waals surface area contributed by atoms with Gasteiger partial charge in [-0.2, -0.15) is 0 Å². The van der Waals surface area contributed by atoms with Crippen LogP contribution in [-0.4, -0.2) is 35.9 Å². The van der Waals surface area contributed by atoms with Gasteiger partial charge in [0.25, 0.3) is 0 Å². The van der Waals surface area contributed by atoms with Gasteiger partial charge in [-0.3, -0.25) is 4.79 Å². The summed E-state index contributed by atoms with van der Waals surface area (Å²) in [5, 5.41) is 0. The van der Waals surface area contributed by atoms with Gasteiger partial charge in [-0.25, -0.2) is 9.59 Å². The maximum absolute atomic E-state index is 11.4. The second-order valence-corrected chi connectivity index (χ2v) is 3.20. The van der Waals surface area contributed by atoms with E-state index >= 15 is 0 Å². The Bertz CT molecular complexity index is 447. The van der Waals surface area contributed by atoms with Crippen LogP contribution in [0.4, 0.5) is 0 Å². The summed E-state index contributed by atoms with van der Waals surface area (Å²) in [6.45, 7) is 1.50. The summed E-state index contributed by atoms with van der Waals surface area (Å²) >= 11 is 0. The zero-order chi connectivity index (χ0) is 13.4. The van der Waals surface area contributed by atoms with Gasteiger partial charge in [-0.05, 0) is 19.1 Å². The van der Waals surface area contributed by atoms with E-state index in [1.807, 2.05) is 0 Å². The molecule has 0 spiro atoms. The zero-order valence-corrected chi connectivity index (χ0v) is 9.84. The van der Waals surface area contributed by atoms with E-state index in [0.717, 1.165) is 12.2 Å². The highest BCUT2D eigenvalue weighted by Gasteiger charge is 2.08. The van der Waals surface area contributed by atoms with Crippen molar-refractivity contribution in [3.63, 3.8) is 0 Å². The molecule has 0 saturated carbocycles. The molecule has 1 rings (SSSR count). The summed E-state index contributed by atoms with van der Waals surface area (Å²) in [6.07, 6.45) is 3.46. The molecule has 1 heterocycles. The van der Waals surface area contributed by atoms with E-state index in [1.165, 1.54) is 0 Å². The molecule has 0 atom stereocenters. The minimum atomic E-state index is -0.775. The van der Waals surface area contributed by atoms with Gasteiger partial charge in [-0.1, -0.05) is 0 Å². The van der Waals surface area contributed by atoms with Crippen LogP contribution in [0.25, 0.3) is 0 Å². The topological polar surface area (TPSA) is 85.5 Å². The van der Waals surface area contributed by atoms with Crippen LogP contribution in [0, 0.1) is 0 Å². The first-order valence-corrected chi connectivity index (χ1v) is 5.31. The standard InChI is InChI=1S/C12H13NO5/c1-2-17-11(15)5-6-12(16)18-8-10(14)9-4-3-7-13-9/h3-7,13H,2,8H2,1H3. The highest BCUT2D eigenvalue weighted by molar-refractivity contribution is 5.97. The number of nitrogens with one attached hydrogen (secondary N) is 1. The van der Waals surface area contributed by atoms with E-state index in [4.69, 9.17) is 0 Å². The summed E-state index contributed by atoms with van der Waals surface area (Å²) in [5.41, 5.74) is 0.358. The molecular weight excluding hydrogens is 238 g/mol. The fraction of sp³-hybridized carbons (Fsp3) is 0.250. The lowest BCUT2D eigenvalue weighted by Gasteiger charge is -1.99. The van der Waals surface area contributed by atoms with Crippen molar-refractivity contribution in [1.29, 1.82) is 0 Å². The molecule has 0 aromatic carbocycles. The van der Waals surface area contributed by atoms with Gasteiger partial charge < -0.3 is 14.5 Å². The summed E-state index contributed by atoms with van der Waals surface area (Å²) in [4.78, 5) is 36.2. The number of esters is 2. The first kappa shape index (κ1) is 13.7. The number of ether oxygens (including phenoxy) is 2. The fourth-order valence-electron chi connectivity index (χ4n) is 1.09. The summed E-state index contributed by atoms with van der Waals surface area (Å²) in [6, 6.07) is 3.24. The molecule has 0 radical (unpaired) electrons. The molecular formula is C12H13NO5. The molecule has 0 amide bonds. The lowest BCUT2D eigenvalue weighted by molar-refractivity contribution is -0.139. The third kappa shape index (κ3) is 4.65. The quantitative estimate of drug-likeness (QED) is 0.460. The van der Waals surface area contributed by atoms with Crippen molar-refractivity contribution in [2.75, 3.05) is 13.2 Å². The monoisotopic (exact) mass is 251 g/mol. The van der Waals surface area contributed by atoms with Crippen molar-refractivity contribution in [1.82, 2.24) is 4.98 Å². The van der Waals surface area contributed by atoms with Crippen LogP contribution in [0.1, 0.15) is 17.4 Å². The number of aromatic nitrogens is 1. The van der Waals surface area contributed by atoms with E-state index in [-0.39, 0.29) is 19.0 Å². The van der Waals surface area contributed by atoms with Gasteiger partial charge in [0.1, 0.15) is 0 Å². The van der Waals surface area contributed by atoms with Gasteiger partial charge in [-0.15, -0.1) is 0 Å². The number of hydrogen-bond acceptors (Lipinski definition) is 5. The van der Waals surface area contributed by atoms with Crippen LogP contribution in [0.15, 0.2) is 30.5 Å². The predicted molar refractivity (Wildman–Crippen MR) is 61.9 cm³/mol. The van der Waals surface area contributed by atoms with E-state index in [0.29, 0.717) is 5.69 Å². The average Bonchev–Trinajstić information content (AvgIpc) is 2.87. The summed E-state index contributed by atoms with van der Waals surface area (Å²) in [7, 11) is 0. The van der Waals surface area contributed by atoms with E-state index in [2.05, 4.69) is 14.5 Å². The number of Topliss-reactive ketones (excluding diaryl/α,β-unsaturated/α-hetero) is 1. The molecule has 0 saturated heterocycles. The van der Waals surface area contributed by atoms with Crippen LogP contribution in [-0.2, 0) is 19.1 Å². The number of ketones is 1. The van der Waals surface area contributed by atoms with Crippen LogP contribution >= 0.6 is 0 Å². The van der Waals surface area contributed by atoms with Crippen molar-refractivity contribution in [2.24, 2.45) is 0 Å².